The van der Waals surface area contributed by atoms with Crippen LogP contribution in [0.1, 0.15) is 35.6 Å². The van der Waals surface area contributed by atoms with Gasteiger partial charge in [-0.3, -0.25) is 0 Å². The van der Waals surface area contributed by atoms with Crippen LogP contribution < -0.4 is 5.32 Å². The number of benzene rings is 3. The molecule has 3 aromatic rings. The molecule has 0 spiro atoms. The fourth-order valence-corrected chi connectivity index (χ4v) is 3.29. The topological polar surface area (TPSA) is 50.7 Å². The first kappa shape index (κ1) is 24.2. The van der Waals surface area contributed by atoms with Crippen LogP contribution in [0.25, 0.3) is 11.1 Å². The van der Waals surface area contributed by atoms with Gasteiger partial charge >= 0.3 is 6.18 Å². The number of carbonyl (C=O) groups is 1. The van der Waals surface area contributed by atoms with E-state index in [2.05, 4.69) is 10.5 Å². The molecule has 4 nitrogen and oxygen atoms in total. The number of oxime groups is 1. The smallest absolute Gasteiger partial charge is 0.391 e. The van der Waals surface area contributed by atoms with Gasteiger partial charge in [0.1, 0.15) is 12.9 Å². The number of rotatable bonds is 10. The second kappa shape index (κ2) is 11.4. The van der Waals surface area contributed by atoms with Crippen LogP contribution in [0.2, 0.25) is 0 Å². The van der Waals surface area contributed by atoms with Gasteiger partial charge in [0, 0.05) is 25.1 Å². The Labute approximate surface area is 191 Å². The predicted molar refractivity (Wildman–Crippen MR) is 123 cm³/mol. The van der Waals surface area contributed by atoms with Crippen molar-refractivity contribution in [3.8, 4) is 11.1 Å². The number of nitrogens with one attached hydrogen (secondary N) is 1. The van der Waals surface area contributed by atoms with Crippen LogP contribution in [0, 0.1) is 0 Å². The summed E-state index contributed by atoms with van der Waals surface area (Å²) in [6.45, 7) is 2.70. The van der Waals surface area contributed by atoms with E-state index >= 15 is 0 Å². The lowest BCUT2D eigenvalue weighted by atomic mass is 9.99. The zero-order chi connectivity index (χ0) is 23.7. The number of carbonyl (C=O) groups excluding carboxylic acids is 1. The van der Waals surface area contributed by atoms with Crippen LogP contribution in [-0.4, -0.2) is 18.5 Å². The Hall–Kier alpha value is -3.45. The Morgan fingerprint density at radius 3 is 2.39 bits per heavy atom. The summed E-state index contributed by atoms with van der Waals surface area (Å²) in [7, 11) is 0. The highest BCUT2D eigenvalue weighted by Crippen LogP contribution is 2.35. The highest BCUT2D eigenvalue weighted by molar-refractivity contribution is 5.98. The Morgan fingerprint density at radius 2 is 1.73 bits per heavy atom. The molecule has 0 atom stereocenters. The lowest BCUT2D eigenvalue weighted by Crippen LogP contribution is -2.14. The van der Waals surface area contributed by atoms with Gasteiger partial charge in [0.05, 0.1) is 11.3 Å². The number of alkyl halides is 3. The molecular formula is C26H25F3N2O2. The van der Waals surface area contributed by atoms with Crippen molar-refractivity contribution in [2.24, 2.45) is 5.16 Å². The molecule has 33 heavy (non-hydrogen) atoms. The average molecular weight is 454 g/mol. The summed E-state index contributed by atoms with van der Waals surface area (Å²) in [5.41, 5.74) is 2.91. The second-order valence-electron chi connectivity index (χ2n) is 7.51. The van der Waals surface area contributed by atoms with Crippen molar-refractivity contribution in [2.75, 3.05) is 6.54 Å². The first-order chi connectivity index (χ1) is 15.9. The molecule has 3 rings (SSSR count). The monoisotopic (exact) mass is 454 g/mol. The third-order valence-corrected chi connectivity index (χ3v) is 5.08. The first-order valence-corrected chi connectivity index (χ1v) is 10.5. The molecule has 0 unspecified atom stereocenters. The molecule has 0 aliphatic rings. The quantitative estimate of drug-likeness (QED) is 0.177. The number of hydrogen-bond acceptors (Lipinski definition) is 4. The molecule has 0 heterocycles. The molecule has 0 aliphatic carbocycles. The molecular weight excluding hydrogens is 429 g/mol. The van der Waals surface area contributed by atoms with E-state index in [1.165, 1.54) is 6.07 Å². The minimum Gasteiger partial charge on any atom is -0.391 e. The molecule has 3 aromatic carbocycles. The van der Waals surface area contributed by atoms with Crippen LogP contribution in [-0.2, 0) is 29.0 Å². The number of nitrogens with zero attached hydrogens (tertiary/aromatic N) is 1. The van der Waals surface area contributed by atoms with Crippen molar-refractivity contribution in [1.29, 1.82) is 0 Å². The summed E-state index contributed by atoms with van der Waals surface area (Å²) in [6, 6.07) is 20.7. The molecule has 0 fully saturated rings. The third kappa shape index (κ3) is 7.02. The summed E-state index contributed by atoms with van der Waals surface area (Å²) in [5.74, 6) is 0. The number of aldehydes is 1. The van der Waals surface area contributed by atoms with Gasteiger partial charge in [0.2, 0.25) is 0 Å². The zero-order valence-corrected chi connectivity index (χ0v) is 18.2. The predicted octanol–water partition coefficient (Wildman–Crippen LogP) is 5.99. The lowest BCUT2D eigenvalue weighted by Gasteiger charge is -2.14. The fourth-order valence-electron chi connectivity index (χ4n) is 3.29. The molecule has 0 aromatic heterocycles. The van der Waals surface area contributed by atoms with Gasteiger partial charge in [-0.2, -0.15) is 13.2 Å². The Bertz CT molecular complexity index is 1080. The average Bonchev–Trinajstić information content (AvgIpc) is 2.82. The molecule has 172 valence electrons. The van der Waals surface area contributed by atoms with E-state index in [0.717, 1.165) is 23.5 Å². The van der Waals surface area contributed by atoms with Gasteiger partial charge in [-0.25, -0.2) is 0 Å². The maximum Gasteiger partial charge on any atom is 0.416 e. The van der Waals surface area contributed by atoms with Gasteiger partial charge in [-0.05, 0) is 35.2 Å². The largest absolute Gasteiger partial charge is 0.416 e. The van der Waals surface area contributed by atoms with Gasteiger partial charge < -0.3 is 14.9 Å². The van der Waals surface area contributed by atoms with Crippen molar-refractivity contribution < 1.29 is 22.8 Å². The van der Waals surface area contributed by atoms with Crippen LogP contribution in [0.4, 0.5) is 13.2 Å². The highest BCUT2D eigenvalue weighted by Gasteiger charge is 2.33. The van der Waals surface area contributed by atoms with Gasteiger partial charge in [-0.15, -0.1) is 0 Å². The zero-order valence-electron chi connectivity index (χ0n) is 18.2. The van der Waals surface area contributed by atoms with E-state index in [9.17, 15) is 18.0 Å². The Morgan fingerprint density at radius 1 is 1.00 bits per heavy atom. The van der Waals surface area contributed by atoms with Gasteiger partial charge in [0.15, 0.2) is 0 Å². The van der Waals surface area contributed by atoms with Crippen molar-refractivity contribution in [3.63, 3.8) is 0 Å². The summed E-state index contributed by atoms with van der Waals surface area (Å²) >= 11 is 0. The van der Waals surface area contributed by atoms with Crippen molar-refractivity contribution in [3.05, 3.63) is 95.1 Å². The Kier molecular flexibility index (Phi) is 8.38. The molecule has 0 amide bonds. The van der Waals surface area contributed by atoms with Crippen LogP contribution in [0.3, 0.4) is 0 Å². The third-order valence-electron chi connectivity index (χ3n) is 5.08. The summed E-state index contributed by atoms with van der Waals surface area (Å²) < 4.78 is 41.0. The normalized spacial score (nSPS) is 11.9. The SMILES string of the molecule is C/C(=N\OCc1ccc(-c2ccccc2)cc1C(F)(F)F)c1ccc(CNCCC=O)cc1. The fraction of sp³-hybridized carbons (Fsp3) is 0.231. The van der Waals surface area contributed by atoms with Crippen LogP contribution in [0.15, 0.2) is 78.0 Å². The van der Waals surface area contributed by atoms with E-state index in [1.54, 1.807) is 37.3 Å². The lowest BCUT2D eigenvalue weighted by molar-refractivity contribution is -0.138. The minimum atomic E-state index is -4.50. The molecule has 0 saturated carbocycles. The van der Waals surface area contributed by atoms with E-state index in [1.807, 2.05) is 30.3 Å². The Balaban J connectivity index is 1.67. The second-order valence-corrected chi connectivity index (χ2v) is 7.51. The molecule has 0 saturated heterocycles. The van der Waals surface area contributed by atoms with E-state index in [-0.39, 0.29) is 12.2 Å². The standard InChI is InChI=1S/C26H25F3N2O2/c1-19(21-10-8-20(9-11-21)17-30-14-5-15-32)31-33-18-24-13-12-23(16-25(24)26(27,28)29)22-6-3-2-4-7-22/h2-4,6-13,15-16,30H,5,14,17-18H2,1H3/b31-19+. The van der Waals surface area contributed by atoms with E-state index in [0.29, 0.717) is 36.3 Å². The van der Waals surface area contributed by atoms with Crippen molar-refractivity contribution in [1.82, 2.24) is 5.32 Å². The van der Waals surface area contributed by atoms with Crippen molar-refractivity contribution >= 4 is 12.0 Å². The molecule has 1 N–H and O–H groups in total. The number of hydrogen-bond donors (Lipinski definition) is 1. The molecule has 0 aliphatic heterocycles. The van der Waals surface area contributed by atoms with E-state index < -0.39 is 11.7 Å². The van der Waals surface area contributed by atoms with Crippen LogP contribution >= 0.6 is 0 Å². The van der Waals surface area contributed by atoms with Gasteiger partial charge in [-0.1, -0.05) is 71.9 Å². The van der Waals surface area contributed by atoms with Crippen molar-refractivity contribution in [2.45, 2.75) is 32.7 Å². The summed E-state index contributed by atoms with van der Waals surface area (Å²) in [6.07, 6.45) is -3.17. The highest BCUT2D eigenvalue weighted by atomic mass is 19.4. The van der Waals surface area contributed by atoms with Gasteiger partial charge in [0.25, 0.3) is 0 Å². The summed E-state index contributed by atoms with van der Waals surface area (Å²) in [4.78, 5) is 15.6. The van der Waals surface area contributed by atoms with Crippen LogP contribution in [0.5, 0.6) is 0 Å². The molecule has 7 heteroatoms. The first-order valence-electron chi connectivity index (χ1n) is 10.5. The molecule has 0 radical (unpaired) electrons. The minimum absolute atomic E-state index is 0.0236. The molecule has 0 bridgehead atoms. The van der Waals surface area contributed by atoms with E-state index in [4.69, 9.17) is 4.84 Å². The maximum atomic E-state index is 13.7. The number of halogens is 3. The maximum absolute atomic E-state index is 13.7. The summed E-state index contributed by atoms with van der Waals surface area (Å²) in [5, 5.41) is 7.16.